The molecule has 13 nitrogen and oxygen atoms in total. The van der Waals surface area contributed by atoms with E-state index < -0.39 is 22.0 Å². The van der Waals surface area contributed by atoms with Gasteiger partial charge in [0.15, 0.2) is 0 Å². The number of amides is 2. The normalized spacial score (nSPS) is 21.1. The monoisotopic (exact) mass is 631 g/mol. The van der Waals surface area contributed by atoms with Crippen LogP contribution in [0.3, 0.4) is 0 Å². The summed E-state index contributed by atoms with van der Waals surface area (Å²) in [6.45, 7) is 2.81. The number of aryl methyl sites for hydroxylation is 1. The molecule has 1 N–H and O–H groups in total. The fraction of sp³-hybridized carbons (Fsp3) is 0.500. The van der Waals surface area contributed by atoms with Crippen LogP contribution in [-0.4, -0.2) is 114 Å². The van der Waals surface area contributed by atoms with Gasteiger partial charge in [-0.15, -0.1) is 0 Å². The Hall–Kier alpha value is -3.46. The lowest BCUT2D eigenvalue weighted by atomic mass is 9.95. The molecule has 1 aromatic carbocycles. The van der Waals surface area contributed by atoms with Crippen LogP contribution in [0.5, 0.6) is 0 Å². The van der Waals surface area contributed by atoms with Gasteiger partial charge in [-0.25, -0.2) is 13.1 Å². The number of piperazine rings is 1. The van der Waals surface area contributed by atoms with Gasteiger partial charge in [0.25, 0.3) is 5.56 Å². The van der Waals surface area contributed by atoms with Crippen molar-refractivity contribution in [1.82, 2.24) is 28.9 Å². The van der Waals surface area contributed by atoms with Crippen molar-refractivity contribution in [1.29, 1.82) is 0 Å². The van der Waals surface area contributed by atoms with Gasteiger partial charge in [0.2, 0.25) is 21.8 Å². The molecule has 6 rings (SSSR count). The molecule has 15 heteroatoms. The summed E-state index contributed by atoms with van der Waals surface area (Å²) in [5, 5.41) is 5.52. The molecule has 3 aliphatic rings. The molecule has 2 aromatic heterocycles. The number of anilines is 1. The molecule has 0 unspecified atom stereocenters. The van der Waals surface area contributed by atoms with Crippen LogP contribution in [0.2, 0.25) is 5.02 Å². The van der Waals surface area contributed by atoms with Crippen LogP contribution in [-0.2, 0) is 31.4 Å². The maximum absolute atomic E-state index is 13.8. The second kappa shape index (κ2) is 11.9. The fourth-order valence-corrected chi connectivity index (χ4v) is 7.69. The second-order valence-corrected chi connectivity index (χ2v) is 13.6. The molecule has 0 bridgehead atoms. The average Bonchev–Trinajstić information content (AvgIpc) is 3.39. The number of hydrogen-bond acceptors (Lipinski definition) is 8. The Balaban J connectivity index is 1.21. The highest BCUT2D eigenvalue weighted by Crippen LogP contribution is 2.29. The third kappa shape index (κ3) is 5.88. The first-order valence-electron chi connectivity index (χ1n) is 14.3. The first-order valence-corrected chi connectivity index (χ1v) is 16.2. The van der Waals surface area contributed by atoms with E-state index in [2.05, 4.69) is 15.0 Å². The standard InChI is InChI=1S/C28H34ClN7O6S/c1-32-26(37)5-4-25(31-32)33-8-6-19(7-9-33)16-36-24(28(39)34-10-12-42-13-11-34)17-35(18-27(36)38)43(40,41)20-2-3-21-22(29)15-30-23(21)14-20/h2-5,14-15,19,24,30H,6-13,16-18H2,1H3/t24-/m0/s1. The van der Waals surface area contributed by atoms with Crippen LogP contribution in [0.15, 0.2) is 46.2 Å². The van der Waals surface area contributed by atoms with E-state index in [1.807, 2.05) is 0 Å². The molecule has 0 aliphatic carbocycles. The fourth-order valence-electron chi connectivity index (χ4n) is 6.05. The smallest absolute Gasteiger partial charge is 0.266 e. The molecule has 5 heterocycles. The summed E-state index contributed by atoms with van der Waals surface area (Å²) in [7, 11) is -2.47. The maximum Gasteiger partial charge on any atom is 0.266 e. The van der Waals surface area contributed by atoms with Crippen LogP contribution in [0.25, 0.3) is 10.9 Å². The zero-order valence-electron chi connectivity index (χ0n) is 23.8. The largest absolute Gasteiger partial charge is 0.378 e. The Labute approximate surface area is 254 Å². The van der Waals surface area contributed by atoms with Crippen molar-refractivity contribution in [3.63, 3.8) is 0 Å². The van der Waals surface area contributed by atoms with Gasteiger partial charge in [0.1, 0.15) is 11.9 Å². The number of rotatable bonds is 6. The zero-order valence-corrected chi connectivity index (χ0v) is 25.4. The van der Waals surface area contributed by atoms with Crippen molar-refractivity contribution in [2.24, 2.45) is 13.0 Å². The van der Waals surface area contributed by atoms with Crippen molar-refractivity contribution in [2.45, 2.75) is 23.8 Å². The van der Waals surface area contributed by atoms with E-state index >= 15 is 0 Å². The number of aromatic nitrogens is 3. The Morgan fingerprint density at radius 3 is 2.56 bits per heavy atom. The number of H-pyrrole nitrogens is 1. The summed E-state index contributed by atoms with van der Waals surface area (Å²) in [6.07, 6.45) is 3.10. The third-order valence-corrected chi connectivity index (χ3v) is 10.7. The molecule has 0 spiro atoms. The highest BCUT2D eigenvalue weighted by atomic mass is 35.5. The van der Waals surface area contributed by atoms with Gasteiger partial charge < -0.3 is 24.4 Å². The summed E-state index contributed by atoms with van der Waals surface area (Å²) >= 11 is 6.17. The zero-order chi connectivity index (χ0) is 30.3. The van der Waals surface area contributed by atoms with E-state index in [0.717, 1.165) is 23.0 Å². The van der Waals surface area contributed by atoms with E-state index in [1.54, 1.807) is 35.2 Å². The van der Waals surface area contributed by atoms with Crippen molar-refractivity contribution >= 4 is 50.2 Å². The van der Waals surface area contributed by atoms with Crippen LogP contribution in [0.1, 0.15) is 12.8 Å². The van der Waals surface area contributed by atoms with Crippen LogP contribution < -0.4 is 10.5 Å². The van der Waals surface area contributed by atoms with Crippen molar-refractivity contribution < 1.29 is 22.7 Å². The molecular formula is C28H34ClN7O6S. The number of hydrogen-bond donors (Lipinski definition) is 1. The van der Waals surface area contributed by atoms with E-state index in [-0.39, 0.29) is 35.4 Å². The summed E-state index contributed by atoms with van der Waals surface area (Å²) in [5.41, 5.74) is 0.389. The van der Waals surface area contributed by atoms with Gasteiger partial charge in [-0.2, -0.15) is 9.40 Å². The number of nitrogens with one attached hydrogen (secondary N) is 1. The maximum atomic E-state index is 13.8. The number of nitrogens with zero attached hydrogens (tertiary/aromatic N) is 6. The number of carbonyl (C=O) groups is 2. The molecular weight excluding hydrogens is 598 g/mol. The number of fused-ring (bicyclic) bond motifs is 1. The van der Waals surface area contributed by atoms with Crippen molar-refractivity contribution in [3.05, 3.63) is 51.9 Å². The molecule has 3 fully saturated rings. The van der Waals surface area contributed by atoms with Crippen LogP contribution in [0, 0.1) is 5.92 Å². The number of halogens is 1. The van der Waals surface area contributed by atoms with Crippen molar-refractivity contribution in [3.8, 4) is 0 Å². The highest BCUT2D eigenvalue weighted by molar-refractivity contribution is 7.89. The number of aromatic amines is 1. The lowest BCUT2D eigenvalue weighted by Crippen LogP contribution is -2.64. The second-order valence-electron chi connectivity index (χ2n) is 11.2. The Morgan fingerprint density at radius 2 is 1.84 bits per heavy atom. The number of sulfonamides is 1. The Morgan fingerprint density at radius 1 is 1.09 bits per heavy atom. The van der Waals surface area contributed by atoms with E-state index in [0.29, 0.717) is 61.9 Å². The molecule has 1 atom stereocenters. The summed E-state index contributed by atoms with van der Waals surface area (Å²) in [6, 6.07) is 6.87. The minimum atomic E-state index is -4.09. The van der Waals surface area contributed by atoms with E-state index in [1.165, 1.54) is 22.9 Å². The summed E-state index contributed by atoms with van der Waals surface area (Å²) < 4.78 is 35.4. The molecule has 2 amide bonds. The van der Waals surface area contributed by atoms with Gasteiger partial charge in [-0.05, 0) is 43.0 Å². The first kappa shape index (κ1) is 29.6. The predicted octanol–water partition coefficient (Wildman–Crippen LogP) is 0.892. The van der Waals surface area contributed by atoms with Gasteiger partial charge >= 0.3 is 0 Å². The minimum Gasteiger partial charge on any atom is -0.378 e. The van der Waals surface area contributed by atoms with Gasteiger partial charge in [-0.3, -0.25) is 14.4 Å². The predicted molar refractivity (Wildman–Crippen MR) is 159 cm³/mol. The summed E-state index contributed by atoms with van der Waals surface area (Å²) in [5.74, 6) is 0.175. The third-order valence-electron chi connectivity index (χ3n) is 8.57. The number of morpholine rings is 1. The first-order chi connectivity index (χ1) is 20.6. The lowest BCUT2D eigenvalue weighted by molar-refractivity contribution is -0.152. The van der Waals surface area contributed by atoms with Gasteiger partial charge in [0, 0.05) is 69.5 Å². The van der Waals surface area contributed by atoms with Crippen LogP contribution >= 0.6 is 11.6 Å². The molecule has 3 aromatic rings. The minimum absolute atomic E-state index is 0.0248. The molecule has 0 saturated carbocycles. The van der Waals surface area contributed by atoms with E-state index in [4.69, 9.17) is 16.3 Å². The van der Waals surface area contributed by atoms with Crippen molar-refractivity contribution in [2.75, 3.05) is 63.9 Å². The summed E-state index contributed by atoms with van der Waals surface area (Å²) in [4.78, 5) is 47.6. The molecule has 0 radical (unpaired) electrons. The number of piperidine rings is 1. The molecule has 3 saturated heterocycles. The SMILES string of the molecule is Cn1nc(N2CCC(CN3C(=O)CN(S(=O)(=O)c4ccc5c(Cl)c[nH]c5c4)C[C@H]3C(=O)N3CCOCC3)CC2)ccc1=O. The Bertz CT molecular complexity index is 1690. The van der Waals surface area contributed by atoms with Gasteiger partial charge in [-0.1, -0.05) is 11.6 Å². The quantitative estimate of drug-likeness (QED) is 0.423. The molecule has 230 valence electrons. The molecule has 3 aliphatic heterocycles. The topological polar surface area (TPSA) is 141 Å². The highest BCUT2D eigenvalue weighted by Gasteiger charge is 2.44. The number of carbonyl (C=O) groups excluding carboxylic acids is 2. The number of benzene rings is 1. The average molecular weight is 632 g/mol. The lowest BCUT2D eigenvalue weighted by Gasteiger charge is -2.44. The van der Waals surface area contributed by atoms with E-state index in [9.17, 15) is 22.8 Å². The van der Waals surface area contributed by atoms with Crippen LogP contribution in [0.4, 0.5) is 5.82 Å². The Kier molecular flexibility index (Phi) is 8.20. The van der Waals surface area contributed by atoms with Gasteiger partial charge in [0.05, 0.1) is 29.7 Å². The molecule has 43 heavy (non-hydrogen) atoms. The number of ether oxygens (including phenoxy) is 1.